The first-order valence-corrected chi connectivity index (χ1v) is 15.8. The van der Waals surface area contributed by atoms with Gasteiger partial charge < -0.3 is 16.1 Å². The van der Waals surface area contributed by atoms with E-state index in [0.29, 0.717) is 17.4 Å². The Kier molecular flexibility index (Phi) is 10.6. The molecule has 0 spiro atoms. The summed E-state index contributed by atoms with van der Waals surface area (Å²) in [5.41, 5.74) is 9.67. The third-order valence-corrected chi connectivity index (χ3v) is 7.55. The molecule has 2 heterocycles. The van der Waals surface area contributed by atoms with Crippen molar-refractivity contribution in [2.75, 3.05) is 11.6 Å². The number of unbranched alkanes of at least 4 members (excludes halogenated alkanes) is 1. The van der Waals surface area contributed by atoms with Crippen LogP contribution in [0.2, 0.25) is 0 Å². The van der Waals surface area contributed by atoms with Crippen molar-refractivity contribution in [2.45, 2.75) is 45.1 Å². The fourth-order valence-corrected chi connectivity index (χ4v) is 5.25. The number of nitrogens with one attached hydrogen (secondary N) is 5. The van der Waals surface area contributed by atoms with Crippen molar-refractivity contribution in [1.82, 2.24) is 31.1 Å². The highest BCUT2D eigenvalue weighted by molar-refractivity contribution is 7.88. The summed E-state index contributed by atoms with van der Waals surface area (Å²) in [4.78, 5) is 24.7. The number of benzene rings is 2. The van der Waals surface area contributed by atoms with Gasteiger partial charge in [0.05, 0.1) is 19.1 Å². The van der Waals surface area contributed by atoms with Gasteiger partial charge in [-0.2, -0.15) is 0 Å². The van der Waals surface area contributed by atoms with Gasteiger partial charge in [-0.3, -0.25) is 15.0 Å². The Hall–Kier alpha value is -4.07. The molecule has 41 heavy (non-hydrogen) atoms. The summed E-state index contributed by atoms with van der Waals surface area (Å²) in [6, 6.07) is 16.8. The van der Waals surface area contributed by atoms with Gasteiger partial charge in [-0.1, -0.05) is 65.9 Å². The largest absolute Gasteiger partial charge is 0.311 e. The fraction of sp³-hybridized carbons (Fsp3) is 0.286. The summed E-state index contributed by atoms with van der Waals surface area (Å²) < 4.78 is 25.1. The highest BCUT2D eigenvalue weighted by atomic mass is 32.2. The van der Waals surface area contributed by atoms with Gasteiger partial charge in [0.1, 0.15) is 10.8 Å². The van der Waals surface area contributed by atoms with Crippen LogP contribution in [0.25, 0.3) is 0 Å². The molecular formula is C28H33N7O4S2. The minimum absolute atomic E-state index is 0.0881. The molecule has 3 aromatic rings. The minimum Gasteiger partial charge on any atom is -0.311 e. The monoisotopic (exact) mass is 595 g/mol. The van der Waals surface area contributed by atoms with Crippen molar-refractivity contribution in [3.05, 3.63) is 100.0 Å². The molecule has 11 nitrogen and oxygen atoms in total. The molecule has 1 aliphatic rings. The van der Waals surface area contributed by atoms with Gasteiger partial charge in [0.2, 0.25) is 27.0 Å². The van der Waals surface area contributed by atoms with Gasteiger partial charge in [-0.25, -0.2) is 13.1 Å². The number of anilines is 1. The molecule has 0 bridgehead atoms. The zero-order chi connectivity index (χ0) is 29.1. The molecule has 2 amide bonds. The summed E-state index contributed by atoms with van der Waals surface area (Å²) >= 11 is 1.36. The average Bonchev–Trinajstić information content (AvgIpc) is 3.38. The third-order valence-electron chi connectivity index (χ3n) is 5.99. The Labute approximate surface area is 243 Å². The molecule has 4 rings (SSSR count). The number of aryl methyl sites for hydroxylation is 1. The summed E-state index contributed by atoms with van der Waals surface area (Å²) in [5.74, 6) is 0.303. The number of aromatic nitrogens is 2. The van der Waals surface area contributed by atoms with Crippen LogP contribution in [0.3, 0.4) is 0 Å². The maximum absolute atomic E-state index is 12.5. The Morgan fingerprint density at radius 3 is 2.29 bits per heavy atom. The van der Waals surface area contributed by atoms with Crippen molar-refractivity contribution in [1.29, 1.82) is 0 Å². The average molecular weight is 596 g/mol. The van der Waals surface area contributed by atoms with Gasteiger partial charge in [-0.15, -0.1) is 10.2 Å². The van der Waals surface area contributed by atoms with Crippen LogP contribution in [0.1, 0.15) is 41.0 Å². The van der Waals surface area contributed by atoms with E-state index in [0.717, 1.165) is 59.3 Å². The number of sulfonamides is 1. The van der Waals surface area contributed by atoms with E-state index in [9.17, 15) is 18.0 Å². The lowest BCUT2D eigenvalue weighted by molar-refractivity contribution is -0.120. The van der Waals surface area contributed by atoms with E-state index in [1.807, 2.05) is 48.6 Å². The molecule has 1 aliphatic heterocycles. The van der Waals surface area contributed by atoms with Gasteiger partial charge in [0, 0.05) is 18.7 Å². The fourth-order valence-electron chi connectivity index (χ4n) is 4.02. The second kappa shape index (κ2) is 14.5. The van der Waals surface area contributed by atoms with Gasteiger partial charge >= 0.3 is 0 Å². The van der Waals surface area contributed by atoms with Crippen LogP contribution in [0, 0.1) is 0 Å². The lowest BCUT2D eigenvalue weighted by Gasteiger charge is -2.20. The lowest BCUT2D eigenvalue weighted by atomic mass is 10.1. The van der Waals surface area contributed by atoms with E-state index in [1.54, 1.807) is 18.2 Å². The topological polar surface area (TPSA) is 154 Å². The summed E-state index contributed by atoms with van der Waals surface area (Å²) in [6.45, 7) is 0.170. The van der Waals surface area contributed by atoms with Crippen molar-refractivity contribution < 1.29 is 18.0 Å². The predicted molar refractivity (Wildman–Crippen MR) is 159 cm³/mol. The van der Waals surface area contributed by atoms with E-state index in [-0.39, 0.29) is 24.8 Å². The number of amides is 2. The summed E-state index contributed by atoms with van der Waals surface area (Å²) in [7, 11) is -3.29. The van der Waals surface area contributed by atoms with Crippen LogP contribution < -0.4 is 26.2 Å². The number of nitrogens with zero attached hydrogens (tertiary/aromatic N) is 2. The molecule has 0 saturated heterocycles. The number of carbonyl (C=O) groups is 2. The van der Waals surface area contributed by atoms with Crippen LogP contribution in [0.5, 0.6) is 0 Å². The second-order valence-electron chi connectivity index (χ2n) is 9.58. The highest BCUT2D eigenvalue weighted by Gasteiger charge is 2.12. The number of hydrazine groups is 1. The van der Waals surface area contributed by atoms with Crippen molar-refractivity contribution >= 4 is 38.3 Å². The highest BCUT2D eigenvalue weighted by Crippen LogP contribution is 2.19. The maximum Gasteiger partial charge on any atom is 0.230 e. The van der Waals surface area contributed by atoms with Crippen molar-refractivity contribution in [3.63, 3.8) is 0 Å². The van der Waals surface area contributed by atoms with E-state index < -0.39 is 10.0 Å². The van der Waals surface area contributed by atoms with E-state index in [1.165, 1.54) is 11.3 Å². The van der Waals surface area contributed by atoms with Crippen molar-refractivity contribution in [2.24, 2.45) is 0 Å². The third kappa shape index (κ3) is 10.8. The molecular weight excluding hydrogens is 562 g/mol. The zero-order valence-corrected chi connectivity index (χ0v) is 24.3. The molecule has 0 unspecified atom stereocenters. The molecule has 5 N–H and O–H groups in total. The van der Waals surface area contributed by atoms with Crippen molar-refractivity contribution in [3.8, 4) is 0 Å². The lowest BCUT2D eigenvalue weighted by Crippen LogP contribution is -2.41. The molecule has 216 valence electrons. The first-order valence-electron chi connectivity index (χ1n) is 13.1. The van der Waals surface area contributed by atoms with Crippen LogP contribution >= 0.6 is 11.3 Å². The number of allylic oxidation sites excluding steroid dienone is 3. The molecule has 2 aromatic carbocycles. The normalized spacial score (nSPS) is 12.9. The zero-order valence-electron chi connectivity index (χ0n) is 22.6. The molecule has 0 fully saturated rings. The van der Waals surface area contributed by atoms with E-state index >= 15 is 0 Å². The Morgan fingerprint density at radius 2 is 1.54 bits per heavy atom. The number of hydrogen-bond acceptors (Lipinski definition) is 9. The number of rotatable bonds is 14. The van der Waals surface area contributed by atoms with Crippen LogP contribution in [0.15, 0.2) is 78.3 Å². The van der Waals surface area contributed by atoms with E-state index in [4.69, 9.17) is 0 Å². The molecule has 1 aromatic heterocycles. The van der Waals surface area contributed by atoms with Crippen LogP contribution in [-0.4, -0.2) is 36.7 Å². The number of carbonyl (C=O) groups excluding carboxylic acids is 2. The standard InChI is InChI=1S/C28H33N7O4S2/c1-41(38,39)29-19-22-11-7-10-21(16-22)18-26(37)31-28-35-34-27(40-28)13-6-5-12-23-14-15-24(33-32-23)30-25(36)17-20-8-3-2-4-9-20/h2-4,7-11,14-16,29,32-33H,5-6,12-13,17-19H2,1H3,(H,30,36)(H,31,35,37). The molecule has 0 radical (unpaired) electrons. The smallest absolute Gasteiger partial charge is 0.230 e. The second-order valence-corrected chi connectivity index (χ2v) is 12.5. The van der Waals surface area contributed by atoms with Gasteiger partial charge in [-0.05, 0) is 48.1 Å². The molecule has 0 atom stereocenters. The van der Waals surface area contributed by atoms with E-state index in [2.05, 4.69) is 36.4 Å². The Balaban J connectivity index is 1.14. The minimum atomic E-state index is -3.29. The predicted octanol–water partition coefficient (Wildman–Crippen LogP) is 2.67. The van der Waals surface area contributed by atoms with Gasteiger partial charge in [0.15, 0.2) is 0 Å². The first kappa shape index (κ1) is 29.9. The summed E-state index contributed by atoms with van der Waals surface area (Å²) in [5, 5.41) is 15.2. The Morgan fingerprint density at radius 1 is 0.829 bits per heavy atom. The van der Waals surface area contributed by atoms with Crippen LogP contribution in [-0.2, 0) is 45.4 Å². The summed E-state index contributed by atoms with van der Waals surface area (Å²) in [6.07, 6.45) is 8.77. The first-order chi connectivity index (χ1) is 19.7. The molecule has 13 heteroatoms. The Bertz CT molecular complexity index is 1520. The van der Waals surface area contributed by atoms with Crippen LogP contribution in [0.4, 0.5) is 5.13 Å². The SMILES string of the molecule is CS(=O)(=O)NCc1cccc(CC(=O)Nc2nnc(CCCCC3=CC=C(NC(=O)Cc4ccccc4)NN3)s2)c1. The molecule has 0 saturated carbocycles. The quantitative estimate of drug-likeness (QED) is 0.178. The molecule has 0 aliphatic carbocycles. The van der Waals surface area contributed by atoms with Gasteiger partial charge in [0.25, 0.3) is 0 Å². The maximum atomic E-state index is 12.5. The number of hydrogen-bond donors (Lipinski definition) is 5.